The van der Waals surface area contributed by atoms with Gasteiger partial charge in [-0.05, 0) is 31.5 Å². The molecule has 0 aliphatic heterocycles. The van der Waals surface area contributed by atoms with E-state index in [1.54, 1.807) is 21.0 Å². The monoisotopic (exact) mass is 183 g/mol. The molecule has 0 fully saturated rings. The molecule has 0 radical (unpaired) electrons. The van der Waals surface area contributed by atoms with Crippen LogP contribution >= 0.6 is 0 Å². The smallest absolute Gasteiger partial charge is 0.126 e. The zero-order chi connectivity index (χ0) is 10.0. The first-order chi connectivity index (χ1) is 6.06. The lowest BCUT2D eigenvalue weighted by molar-refractivity contribution is 0.402. The first-order valence-electron chi connectivity index (χ1n) is 4.16. The molecule has 0 saturated heterocycles. The van der Waals surface area contributed by atoms with Gasteiger partial charge in [0.05, 0.1) is 7.11 Å². The van der Waals surface area contributed by atoms with Crippen molar-refractivity contribution in [1.82, 2.24) is 0 Å². The van der Waals surface area contributed by atoms with Gasteiger partial charge >= 0.3 is 0 Å². The predicted molar refractivity (Wildman–Crippen MR) is 50.3 cm³/mol. The minimum Gasteiger partial charge on any atom is -0.496 e. The molecule has 0 amide bonds. The van der Waals surface area contributed by atoms with Crippen LogP contribution in [0.25, 0.3) is 0 Å². The van der Waals surface area contributed by atoms with Crippen molar-refractivity contribution >= 4 is 0 Å². The van der Waals surface area contributed by atoms with Crippen molar-refractivity contribution in [2.45, 2.75) is 19.9 Å². The molecular formula is C10H14FNO. The van der Waals surface area contributed by atoms with Gasteiger partial charge in [-0.1, -0.05) is 0 Å². The SMILES string of the molecule is COc1c(C)cc(F)cc1C(C)N. The molecule has 1 aromatic carbocycles. The average Bonchev–Trinajstić information content (AvgIpc) is 2.02. The van der Waals surface area contributed by atoms with E-state index >= 15 is 0 Å². The Morgan fingerprint density at radius 2 is 2.08 bits per heavy atom. The van der Waals surface area contributed by atoms with Gasteiger partial charge in [0.2, 0.25) is 0 Å². The number of hydrogen-bond donors (Lipinski definition) is 1. The Balaban J connectivity index is 3.29. The Hall–Kier alpha value is -1.09. The van der Waals surface area contributed by atoms with Crippen molar-refractivity contribution in [3.63, 3.8) is 0 Å². The van der Waals surface area contributed by atoms with Crippen molar-refractivity contribution in [2.24, 2.45) is 5.73 Å². The molecule has 3 heteroatoms. The highest BCUT2D eigenvalue weighted by molar-refractivity contribution is 5.42. The fraction of sp³-hybridized carbons (Fsp3) is 0.400. The summed E-state index contributed by atoms with van der Waals surface area (Å²) in [5, 5.41) is 0. The maximum Gasteiger partial charge on any atom is 0.126 e. The lowest BCUT2D eigenvalue weighted by atomic mass is 10.0. The normalized spacial score (nSPS) is 12.7. The summed E-state index contributed by atoms with van der Waals surface area (Å²) in [6.07, 6.45) is 0. The Morgan fingerprint density at radius 1 is 1.46 bits per heavy atom. The second-order valence-electron chi connectivity index (χ2n) is 3.13. The number of aryl methyl sites for hydroxylation is 1. The van der Waals surface area contributed by atoms with Crippen LogP contribution in [0.5, 0.6) is 5.75 Å². The summed E-state index contributed by atoms with van der Waals surface area (Å²) in [7, 11) is 1.56. The molecule has 0 saturated carbocycles. The van der Waals surface area contributed by atoms with Gasteiger partial charge in [0.15, 0.2) is 0 Å². The third-order valence-corrected chi connectivity index (χ3v) is 1.96. The molecule has 72 valence electrons. The molecule has 0 heterocycles. The van der Waals surface area contributed by atoms with Gasteiger partial charge < -0.3 is 10.5 Å². The first kappa shape index (κ1) is 9.99. The summed E-state index contributed by atoms with van der Waals surface area (Å²) >= 11 is 0. The zero-order valence-electron chi connectivity index (χ0n) is 8.10. The lowest BCUT2D eigenvalue weighted by Crippen LogP contribution is -2.08. The number of hydrogen-bond acceptors (Lipinski definition) is 2. The van der Waals surface area contributed by atoms with E-state index in [2.05, 4.69) is 0 Å². The van der Waals surface area contributed by atoms with Crippen molar-refractivity contribution in [1.29, 1.82) is 0 Å². The fourth-order valence-corrected chi connectivity index (χ4v) is 1.37. The second-order valence-corrected chi connectivity index (χ2v) is 3.13. The average molecular weight is 183 g/mol. The highest BCUT2D eigenvalue weighted by Gasteiger charge is 2.11. The van der Waals surface area contributed by atoms with Crippen LogP contribution in [0.3, 0.4) is 0 Å². The number of methoxy groups -OCH3 is 1. The molecule has 0 aliphatic rings. The molecule has 0 bridgehead atoms. The summed E-state index contributed by atoms with van der Waals surface area (Å²) in [4.78, 5) is 0. The van der Waals surface area contributed by atoms with E-state index in [4.69, 9.17) is 10.5 Å². The molecule has 1 atom stereocenters. The van der Waals surface area contributed by atoms with E-state index in [1.807, 2.05) is 0 Å². The van der Waals surface area contributed by atoms with Crippen LogP contribution in [0.15, 0.2) is 12.1 Å². The minimum absolute atomic E-state index is 0.218. The van der Waals surface area contributed by atoms with Crippen LogP contribution in [0, 0.1) is 12.7 Å². The van der Waals surface area contributed by atoms with Gasteiger partial charge in [-0.15, -0.1) is 0 Å². The largest absolute Gasteiger partial charge is 0.496 e. The molecular weight excluding hydrogens is 169 g/mol. The Kier molecular flexibility index (Phi) is 2.88. The van der Waals surface area contributed by atoms with E-state index < -0.39 is 0 Å². The predicted octanol–water partition coefficient (Wildman–Crippen LogP) is 2.16. The number of rotatable bonds is 2. The molecule has 0 aliphatic carbocycles. The quantitative estimate of drug-likeness (QED) is 0.762. The second kappa shape index (κ2) is 3.75. The number of ether oxygens (including phenoxy) is 1. The summed E-state index contributed by atoms with van der Waals surface area (Å²) in [6.45, 7) is 3.60. The topological polar surface area (TPSA) is 35.2 Å². The molecule has 2 nitrogen and oxygen atoms in total. The maximum atomic E-state index is 13.0. The van der Waals surface area contributed by atoms with Crippen LogP contribution in [-0.4, -0.2) is 7.11 Å². The lowest BCUT2D eigenvalue weighted by Gasteiger charge is -2.14. The third-order valence-electron chi connectivity index (χ3n) is 1.96. The number of benzene rings is 1. The van der Waals surface area contributed by atoms with E-state index in [9.17, 15) is 4.39 Å². The highest BCUT2D eigenvalue weighted by atomic mass is 19.1. The molecule has 0 aromatic heterocycles. The summed E-state index contributed by atoms with van der Waals surface area (Å²) < 4.78 is 18.1. The van der Waals surface area contributed by atoms with Gasteiger partial charge in [-0.25, -0.2) is 4.39 Å². The van der Waals surface area contributed by atoms with Crippen LogP contribution in [0.1, 0.15) is 24.1 Å². The minimum atomic E-state index is -0.273. The molecule has 0 spiro atoms. The Bertz CT molecular complexity index is 310. The molecule has 1 rings (SSSR count). The van der Waals surface area contributed by atoms with Gasteiger partial charge in [0, 0.05) is 11.6 Å². The molecule has 1 aromatic rings. The van der Waals surface area contributed by atoms with E-state index in [-0.39, 0.29) is 11.9 Å². The summed E-state index contributed by atoms with van der Waals surface area (Å²) in [5.74, 6) is 0.405. The van der Waals surface area contributed by atoms with Crippen molar-refractivity contribution < 1.29 is 9.13 Å². The standard InChI is InChI=1S/C10H14FNO/c1-6-4-8(11)5-9(7(2)12)10(6)13-3/h4-5,7H,12H2,1-3H3. The maximum absolute atomic E-state index is 13.0. The number of halogens is 1. The van der Waals surface area contributed by atoms with Crippen molar-refractivity contribution in [3.8, 4) is 5.75 Å². The Morgan fingerprint density at radius 3 is 2.54 bits per heavy atom. The molecule has 1 unspecified atom stereocenters. The van der Waals surface area contributed by atoms with Crippen molar-refractivity contribution in [2.75, 3.05) is 7.11 Å². The summed E-state index contributed by atoms with van der Waals surface area (Å²) in [6, 6.07) is 2.63. The third kappa shape index (κ3) is 1.98. The zero-order valence-corrected chi connectivity index (χ0v) is 8.10. The van der Waals surface area contributed by atoms with E-state index in [1.165, 1.54) is 12.1 Å². The van der Waals surface area contributed by atoms with E-state index in [0.29, 0.717) is 11.3 Å². The highest BCUT2D eigenvalue weighted by Crippen LogP contribution is 2.28. The van der Waals surface area contributed by atoms with Crippen molar-refractivity contribution in [3.05, 3.63) is 29.1 Å². The van der Waals surface area contributed by atoms with Crippen LogP contribution in [0.2, 0.25) is 0 Å². The van der Waals surface area contributed by atoms with Crippen LogP contribution in [0.4, 0.5) is 4.39 Å². The van der Waals surface area contributed by atoms with E-state index in [0.717, 1.165) is 5.56 Å². The van der Waals surface area contributed by atoms with Gasteiger partial charge in [0.1, 0.15) is 11.6 Å². The first-order valence-corrected chi connectivity index (χ1v) is 4.16. The fourth-order valence-electron chi connectivity index (χ4n) is 1.37. The van der Waals surface area contributed by atoms with Gasteiger partial charge in [-0.3, -0.25) is 0 Å². The van der Waals surface area contributed by atoms with Gasteiger partial charge in [0.25, 0.3) is 0 Å². The molecule has 2 N–H and O–H groups in total. The Labute approximate surface area is 77.5 Å². The molecule has 13 heavy (non-hydrogen) atoms. The van der Waals surface area contributed by atoms with Crippen LogP contribution in [-0.2, 0) is 0 Å². The summed E-state index contributed by atoms with van der Waals surface area (Å²) in [5.41, 5.74) is 7.16. The van der Waals surface area contributed by atoms with Crippen LogP contribution < -0.4 is 10.5 Å². The number of nitrogens with two attached hydrogens (primary N) is 1. The van der Waals surface area contributed by atoms with Gasteiger partial charge in [-0.2, -0.15) is 0 Å².